The van der Waals surface area contributed by atoms with Crippen LogP contribution in [0.1, 0.15) is 18.2 Å². The van der Waals surface area contributed by atoms with Gasteiger partial charge in [-0.25, -0.2) is 9.37 Å². The summed E-state index contributed by atoms with van der Waals surface area (Å²) in [5.41, 5.74) is 4.20. The Labute approximate surface area is 117 Å². The van der Waals surface area contributed by atoms with E-state index in [-0.39, 0.29) is 5.82 Å². The van der Waals surface area contributed by atoms with Crippen molar-refractivity contribution in [2.24, 2.45) is 5.92 Å². The predicted octanol–water partition coefficient (Wildman–Crippen LogP) is 3.29. The first-order valence-corrected chi connectivity index (χ1v) is 7.54. The lowest BCUT2D eigenvalue weighted by Crippen LogP contribution is -2.25. The molecule has 1 atom stereocenters. The van der Waals surface area contributed by atoms with Crippen molar-refractivity contribution in [3.05, 3.63) is 52.2 Å². The van der Waals surface area contributed by atoms with Gasteiger partial charge in [-0.2, -0.15) is 0 Å². The summed E-state index contributed by atoms with van der Waals surface area (Å²) in [6.07, 6.45) is 1.92. The summed E-state index contributed by atoms with van der Waals surface area (Å²) in [5.74, 6) is 0.319. The zero-order valence-electron chi connectivity index (χ0n) is 11.1. The lowest BCUT2D eigenvalue weighted by molar-refractivity contribution is 0.474. The maximum absolute atomic E-state index is 12.9. The van der Waals surface area contributed by atoms with Gasteiger partial charge in [0.2, 0.25) is 0 Å². The van der Waals surface area contributed by atoms with Crippen molar-refractivity contribution in [1.82, 2.24) is 10.3 Å². The molecule has 4 heteroatoms. The molecule has 1 unspecified atom stereocenters. The second-order valence-electron chi connectivity index (χ2n) is 4.69. The lowest BCUT2D eigenvalue weighted by atomic mass is 9.95. The third-order valence-electron chi connectivity index (χ3n) is 3.10. The number of aromatic nitrogens is 1. The Morgan fingerprint density at radius 1 is 1.26 bits per heavy atom. The molecule has 19 heavy (non-hydrogen) atoms. The maximum Gasteiger partial charge on any atom is 0.123 e. The van der Waals surface area contributed by atoms with Gasteiger partial charge in [-0.15, -0.1) is 11.3 Å². The Morgan fingerprint density at radius 3 is 2.68 bits per heavy atom. The molecule has 0 fully saturated rings. The average molecular weight is 278 g/mol. The minimum atomic E-state index is -0.175. The minimum absolute atomic E-state index is 0.175. The smallest absolute Gasteiger partial charge is 0.123 e. The van der Waals surface area contributed by atoms with Gasteiger partial charge < -0.3 is 5.32 Å². The minimum Gasteiger partial charge on any atom is -0.317 e. The zero-order chi connectivity index (χ0) is 13.5. The molecule has 2 aromatic rings. The van der Waals surface area contributed by atoms with Gasteiger partial charge in [0.05, 0.1) is 11.2 Å². The van der Waals surface area contributed by atoms with Crippen LogP contribution in [0.2, 0.25) is 0 Å². The van der Waals surface area contributed by atoms with E-state index < -0.39 is 0 Å². The summed E-state index contributed by atoms with van der Waals surface area (Å²) in [6.45, 7) is 4.04. The molecule has 1 aromatic carbocycles. The Balaban J connectivity index is 1.98. The number of nitrogens with one attached hydrogen (secondary N) is 1. The summed E-state index contributed by atoms with van der Waals surface area (Å²) < 4.78 is 12.9. The quantitative estimate of drug-likeness (QED) is 0.840. The number of hydrogen-bond acceptors (Lipinski definition) is 3. The average Bonchev–Trinajstić information content (AvgIpc) is 2.91. The largest absolute Gasteiger partial charge is 0.317 e. The fraction of sp³-hybridized carbons (Fsp3) is 0.400. The van der Waals surface area contributed by atoms with Crippen molar-refractivity contribution in [2.75, 3.05) is 13.1 Å². The van der Waals surface area contributed by atoms with E-state index >= 15 is 0 Å². The second kappa shape index (κ2) is 7.36. The van der Waals surface area contributed by atoms with Crippen LogP contribution in [0.5, 0.6) is 0 Å². The molecule has 0 aliphatic heterocycles. The van der Waals surface area contributed by atoms with Crippen LogP contribution in [0.3, 0.4) is 0 Å². The van der Waals surface area contributed by atoms with E-state index in [2.05, 4.69) is 22.6 Å². The molecule has 1 N–H and O–H groups in total. The number of hydrogen-bond donors (Lipinski definition) is 1. The van der Waals surface area contributed by atoms with Crippen molar-refractivity contribution >= 4 is 11.3 Å². The van der Waals surface area contributed by atoms with Crippen LogP contribution >= 0.6 is 11.3 Å². The third-order valence-corrected chi connectivity index (χ3v) is 3.74. The highest BCUT2D eigenvalue weighted by molar-refractivity contribution is 7.07. The predicted molar refractivity (Wildman–Crippen MR) is 78.0 cm³/mol. The molecule has 0 bridgehead atoms. The number of thiazole rings is 1. The Bertz CT molecular complexity index is 467. The van der Waals surface area contributed by atoms with Crippen LogP contribution < -0.4 is 5.32 Å². The summed E-state index contributed by atoms with van der Waals surface area (Å²) in [4.78, 5) is 4.35. The van der Waals surface area contributed by atoms with Gasteiger partial charge in [0.15, 0.2) is 0 Å². The Kier molecular flexibility index (Phi) is 5.48. The van der Waals surface area contributed by atoms with Gasteiger partial charge in [-0.3, -0.25) is 0 Å². The van der Waals surface area contributed by atoms with Crippen LogP contribution in [0.25, 0.3) is 0 Å². The highest BCUT2D eigenvalue weighted by Crippen LogP contribution is 2.15. The fourth-order valence-electron chi connectivity index (χ4n) is 2.15. The van der Waals surface area contributed by atoms with Gasteiger partial charge >= 0.3 is 0 Å². The van der Waals surface area contributed by atoms with E-state index in [0.29, 0.717) is 5.92 Å². The first-order chi connectivity index (χ1) is 9.28. The van der Waals surface area contributed by atoms with E-state index in [4.69, 9.17) is 0 Å². The molecule has 2 nitrogen and oxygen atoms in total. The maximum atomic E-state index is 12.9. The topological polar surface area (TPSA) is 24.9 Å². The molecule has 102 valence electrons. The molecule has 0 aliphatic rings. The van der Waals surface area contributed by atoms with Crippen LogP contribution in [0.15, 0.2) is 35.2 Å². The molecule has 0 saturated carbocycles. The Morgan fingerprint density at radius 2 is 2.05 bits per heavy atom. The van der Waals surface area contributed by atoms with Crippen molar-refractivity contribution in [3.63, 3.8) is 0 Å². The van der Waals surface area contributed by atoms with Crippen LogP contribution in [-0.2, 0) is 12.8 Å². The number of rotatable bonds is 7. The summed E-state index contributed by atoms with van der Waals surface area (Å²) >= 11 is 1.63. The van der Waals surface area contributed by atoms with E-state index in [9.17, 15) is 4.39 Å². The van der Waals surface area contributed by atoms with Crippen molar-refractivity contribution in [2.45, 2.75) is 19.8 Å². The molecule has 0 aliphatic carbocycles. The molecule has 2 rings (SSSR count). The highest BCUT2D eigenvalue weighted by atomic mass is 32.1. The van der Waals surface area contributed by atoms with Crippen molar-refractivity contribution < 1.29 is 4.39 Å². The molecule has 1 heterocycles. The fourth-order valence-corrected chi connectivity index (χ4v) is 2.72. The first-order valence-electron chi connectivity index (χ1n) is 6.60. The van der Waals surface area contributed by atoms with E-state index in [1.165, 1.54) is 17.7 Å². The first kappa shape index (κ1) is 14.2. The monoisotopic (exact) mass is 278 g/mol. The molecule has 1 aromatic heterocycles. The van der Waals surface area contributed by atoms with Gasteiger partial charge in [0.1, 0.15) is 5.82 Å². The van der Waals surface area contributed by atoms with Gasteiger partial charge in [0.25, 0.3) is 0 Å². The second-order valence-corrected chi connectivity index (χ2v) is 5.41. The van der Waals surface area contributed by atoms with E-state index in [1.807, 2.05) is 17.6 Å². The number of benzene rings is 1. The van der Waals surface area contributed by atoms with Gasteiger partial charge in [0, 0.05) is 5.38 Å². The van der Waals surface area contributed by atoms with Crippen LogP contribution in [-0.4, -0.2) is 18.1 Å². The lowest BCUT2D eigenvalue weighted by Gasteiger charge is -2.16. The van der Waals surface area contributed by atoms with Gasteiger partial charge in [-0.1, -0.05) is 19.1 Å². The normalized spacial score (nSPS) is 12.5. The molecule has 0 saturated heterocycles. The zero-order valence-corrected chi connectivity index (χ0v) is 11.9. The molecule has 0 spiro atoms. The van der Waals surface area contributed by atoms with E-state index in [1.54, 1.807) is 11.3 Å². The summed E-state index contributed by atoms with van der Waals surface area (Å²) in [5, 5.41) is 5.49. The molecular weight excluding hydrogens is 259 g/mol. The SMILES string of the molecule is CCNCC(Cc1ccc(F)cc1)Cc1cscn1. The van der Waals surface area contributed by atoms with E-state index in [0.717, 1.165) is 31.6 Å². The number of halogens is 1. The summed E-state index contributed by atoms with van der Waals surface area (Å²) in [7, 11) is 0. The van der Waals surface area contributed by atoms with Crippen molar-refractivity contribution in [1.29, 1.82) is 0 Å². The molecular formula is C15H19FN2S. The van der Waals surface area contributed by atoms with Crippen LogP contribution in [0.4, 0.5) is 4.39 Å². The van der Waals surface area contributed by atoms with Crippen LogP contribution in [0, 0.1) is 11.7 Å². The molecule has 0 radical (unpaired) electrons. The van der Waals surface area contributed by atoms with Gasteiger partial charge in [-0.05, 0) is 49.5 Å². The standard InChI is InChI=1S/C15H19FN2S/c1-2-17-9-13(8-15-10-19-11-18-15)7-12-3-5-14(16)6-4-12/h3-6,10-11,13,17H,2,7-9H2,1H3. The highest BCUT2D eigenvalue weighted by Gasteiger charge is 2.11. The molecule has 0 amide bonds. The third kappa shape index (κ3) is 4.73. The number of nitrogens with zero attached hydrogens (tertiary/aromatic N) is 1. The Hall–Kier alpha value is -1.26. The van der Waals surface area contributed by atoms with Crippen molar-refractivity contribution in [3.8, 4) is 0 Å². The summed E-state index contributed by atoms with van der Waals surface area (Å²) in [6, 6.07) is 6.80.